The van der Waals surface area contributed by atoms with E-state index in [4.69, 9.17) is 4.42 Å². The summed E-state index contributed by atoms with van der Waals surface area (Å²) < 4.78 is 18.6. The first-order valence-corrected chi connectivity index (χ1v) is 8.07. The molecule has 1 atom stereocenters. The van der Waals surface area contributed by atoms with E-state index >= 15 is 0 Å². The van der Waals surface area contributed by atoms with Crippen LogP contribution in [-0.2, 0) is 4.79 Å². The molecule has 1 aromatic heterocycles. The standard InChI is InChI=1S/C18H22FN3O3/c1-13(21-18(24)16-9-5-12-25-16)17(23)20-10-6-11-22(2)15-8-4-3-7-14(15)19/h3-5,7-9,12-13H,6,10-11H2,1-2H3,(H,20,23)(H,21,24)/t13-/m0/s1. The fourth-order valence-electron chi connectivity index (χ4n) is 2.30. The second kappa shape index (κ2) is 8.86. The van der Waals surface area contributed by atoms with Crippen molar-refractivity contribution in [1.82, 2.24) is 10.6 Å². The van der Waals surface area contributed by atoms with Gasteiger partial charge in [0.05, 0.1) is 12.0 Å². The third-order valence-electron chi connectivity index (χ3n) is 3.72. The van der Waals surface area contributed by atoms with Gasteiger partial charge in [-0.25, -0.2) is 4.39 Å². The number of nitrogens with one attached hydrogen (secondary N) is 2. The number of amides is 2. The smallest absolute Gasteiger partial charge is 0.287 e. The van der Waals surface area contributed by atoms with Crippen LogP contribution in [0.5, 0.6) is 0 Å². The molecule has 0 radical (unpaired) electrons. The lowest BCUT2D eigenvalue weighted by Crippen LogP contribution is -2.45. The van der Waals surface area contributed by atoms with Crippen LogP contribution in [-0.4, -0.2) is 38.0 Å². The van der Waals surface area contributed by atoms with Gasteiger partial charge in [-0.15, -0.1) is 0 Å². The Morgan fingerprint density at radius 1 is 1.24 bits per heavy atom. The van der Waals surface area contributed by atoms with Gasteiger partial charge in [0.2, 0.25) is 5.91 Å². The third kappa shape index (κ3) is 5.34. The summed E-state index contributed by atoms with van der Waals surface area (Å²) in [6, 6.07) is 8.99. The summed E-state index contributed by atoms with van der Waals surface area (Å²) in [5, 5.41) is 5.31. The molecule has 25 heavy (non-hydrogen) atoms. The largest absolute Gasteiger partial charge is 0.459 e. The highest BCUT2D eigenvalue weighted by molar-refractivity contribution is 5.95. The van der Waals surface area contributed by atoms with Crippen LogP contribution >= 0.6 is 0 Å². The highest BCUT2D eigenvalue weighted by Crippen LogP contribution is 2.16. The Morgan fingerprint density at radius 3 is 2.68 bits per heavy atom. The number of hydrogen-bond acceptors (Lipinski definition) is 4. The van der Waals surface area contributed by atoms with E-state index < -0.39 is 11.9 Å². The van der Waals surface area contributed by atoms with Crippen molar-refractivity contribution in [1.29, 1.82) is 0 Å². The molecule has 0 aliphatic heterocycles. The van der Waals surface area contributed by atoms with E-state index in [0.717, 1.165) is 0 Å². The lowest BCUT2D eigenvalue weighted by molar-refractivity contribution is -0.122. The molecule has 0 aliphatic carbocycles. The molecule has 2 amide bonds. The number of furan rings is 1. The first-order valence-electron chi connectivity index (χ1n) is 8.07. The fourth-order valence-corrected chi connectivity index (χ4v) is 2.30. The Balaban J connectivity index is 1.69. The molecule has 1 heterocycles. The van der Waals surface area contributed by atoms with Gasteiger partial charge in [-0.2, -0.15) is 0 Å². The predicted octanol–water partition coefficient (Wildman–Crippen LogP) is 2.18. The first-order chi connectivity index (χ1) is 12.0. The number of rotatable bonds is 8. The van der Waals surface area contributed by atoms with Crippen molar-refractivity contribution in [3.63, 3.8) is 0 Å². The quantitative estimate of drug-likeness (QED) is 0.718. The number of hydrogen-bond donors (Lipinski definition) is 2. The number of anilines is 1. The summed E-state index contributed by atoms with van der Waals surface area (Å²) in [5.74, 6) is -0.838. The highest BCUT2D eigenvalue weighted by Gasteiger charge is 2.17. The summed E-state index contributed by atoms with van der Waals surface area (Å²) in [7, 11) is 1.80. The average Bonchev–Trinajstić information content (AvgIpc) is 3.13. The summed E-state index contributed by atoms with van der Waals surface area (Å²) >= 11 is 0. The number of para-hydroxylation sites is 1. The average molecular weight is 347 g/mol. The molecule has 1 aromatic carbocycles. The van der Waals surface area contributed by atoms with E-state index in [0.29, 0.717) is 25.2 Å². The molecule has 0 unspecified atom stereocenters. The van der Waals surface area contributed by atoms with Crippen molar-refractivity contribution < 1.29 is 18.4 Å². The van der Waals surface area contributed by atoms with Crippen LogP contribution < -0.4 is 15.5 Å². The maximum absolute atomic E-state index is 13.7. The minimum absolute atomic E-state index is 0.158. The third-order valence-corrected chi connectivity index (χ3v) is 3.72. The lowest BCUT2D eigenvalue weighted by atomic mass is 10.2. The number of halogens is 1. The van der Waals surface area contributed by atoms with Gasteiger partial charge in [-0.05, 0) is 37.6 Å². The zero-order valence-electron chi connectivity index (χ0n) is 14.3. The van der Waals surface area contributed by atoms with Crippen molar-refractivity contribution in [2.75, 3.05) is 25.0 Å². The van der Waals surface area contributed by atoms with Gasteiger partial charge < -0.3 is 20.0 Å². The Hall–Kier alpha value is -2.83. The molecular formula is C18H22FN3O3. The van der Waals surface area contributed by atoms with Gasteiger partial charge in [0.25, 0.3) is 5.91 Å². The van der Waals surface area contributed by atoms with Crippen LogP contribution in [0.25, 0.3) is 0 Å². The van der Waals surface area contributed by atoms with Crippen molar-refractivity contribution in [3.05, 3.63) is 54.2 Å². The molecule has 0 bridgehead atoms. The zero-order chi connectivity index (χ0) is 18.2. The van der Waals surface area contributed by atoms with E-state index in [1.54, 1.807) is 43.1 Å². The number of nitrogens with zero attached hydrogens (tertiary/aromatic N) is 1. The molecule has 0 saturated heterocycles. The maximum atomic E-state index is 13.7. The van der Waals surface area contributed by atoms with E-state index in [-0.39, 0.29) is 17.5 Å². The van der Waals surface area contributed by atoms with Crippen LogP contribution in [0.3, 0.4) is 0 Å². The Labute approximate surface area is 146 Å². The molecule has 6 nitrogen and oxygen atoms in total. The van der Waals surface area contributed by atoms with Gasteiger partial charge in [0.15, 0.2) is 5.76 Å². The van der Waals surface area contributed by atoms with Gasteiger partial charge in [0, 0.05) is 20.1 Å². The molecular weight excluding hydrogens is 325 g/mol. The molecule has 134 valence electrons. The second-order valence-corrected chi connectivity index (χ2v) is 5.69. The van der Waals surface area contributed by atoms with Crippen molar-refractivity contribution in [2.45, 2.75) is 19.4 Å². The molecule has 2 aromatic rings. The number of carbonyl (C=O) groups is 2. The van der Waals surface area contributed by atoms with Gasteiger partial charge in [0.1, 0.15) is 11.9 Å². The van der Waals surface area contributed by atoms with Crippen LogP contribution in [0, 0.1) is 5.82 Å². The lowest BCUT2D eigenvalue weighted by Gasteiger charge is -2.20. The van der Waals surface area contributed by atoms with Crippen LogP contribution in [0.15, 0.2) is 47.1 Å². The molecule has 2 rings (SSSR count). The topological polar surface area (TPSA) is 74.6 Å². The summed E-state index contributed by atoms with van der Waals surface area (Å²) in [4.78, 5) is 25.6. The van der Waals surface area contributed by atoms with Crippen LogP contribution in [0.2, 0.25) is 0 Å². The molecule has 0 spiro atoms. The van der Waals surface area contributed by atoms with Crippen molar-refractivity contribution in [3.8, 4) is 0 Å². The number of benzene rings is 1. The zero-order valence-corrected chi connectivity index (χ0v) is 14.3. The summed E-state index contributed by atoms with van der Waals surface area (Å²) in [6.07, 6.45) is 2.04. The van der Waals surface area contributed by atoms with Gasteiger partial charge in [-0.1, -0.05) is 12.1 Å². The Morgan fingerprint density at radius 2 is 2.00 bits per heavy atom. The Kier molecular flexibility index (Phi) is 6.56. The first kappa shape index (κ1) is 18.5. The predicted molar refractivity (Wildman–Crippen MR) is 92.9 cm³/mol. The monoisotopic (exact) mass is 347 g/mol. The van der Waals surface area contributed by atoms with Crippen molar-refractivity contribution in [2.24, 2.45) is 0 Å². The Bertz CT molecular complexity index is 703. The van der Waals surface area contributed by atoms with Crippen LogP contribution in [0.1, 0.15) is 23.9 Å². The molecule has 0 fully saturated rings. The highest BCUT2D eigenvalue weighted by atomic mass is 19.1. The molecule has 2 N–H and O–H groups in total. The van der Waals surface area contributed by atoms with Crippen LogP contribution in [0.4, 0.5) is 10.1 Å². The SMILES string of the molecule is C[C@H](NC(=O)c1ccco1)C(=O)NCCCN(C)c1ccccc1F. The van der Waals surface area contributed by atoms with E-state index in [1.165, 1.54) is 18.4 Å². The number of carbonyl (C=O) groups excluding carboxylic acids is 2. The minimum atomic E-state index is -0.679. The minimum Gasteiger partial charge on any atom is -0.459 e. The fraction of sp³-hybridized carbons (Fsp3) is 0.333. The van der Waals surface area contributed by atoms with Gasteiger partial charge >= 0.3 is 0 Å². The second-order valence-electron chi connectivity index (χ2n) is 5.69. The maximum Gasteiger partial charge on any atom is 0.287 e. The summed E-state index contributed by atoms with van der Waals surface area (Å²) in [6.45, 7) is 2.62. The molecule has 7 heteroatoms. The van der Waals surface area contributed by atoms with E-state index in [2.05, 4.69) is 10.6 Å². The van der Waals surface area contributed by atoms with E-state index in [1.807, 2.05) is 0 Å². The van der Waals surface area contributed by atoms with Crippen molar-refractivity contribution >= 4 is 17.5 Å². The molecule has 0 aliphatic rings. The summed E-state index contributed by atoms with van der Waals surface area (Å²) in [5.41, 5.74) is 0.521. The normalized spacial score (nSPS) is 11.6. The molecule has 0 saturated carbocycles. The van der Waals surface area contributed by atoms with Gasteiger partial charge in [-0.3, -0.25) is 9.59 Å². The van der Waals surface area contributed by atoms with E-state index in [9.17, 15) is 14.0 Å².